The lowest BCUT2D eigenvalue weighted by Gasteiger charge is -2.34. The van der Waals surface area contributed by atoms with E-state index in [1.807, 2.05) is 21.1 Å². The molecule has 1 aliphatic rings. The molecule has 1 N–H and O–H groups in total. The van der Waals surface area contributed by atoms with Crippen molar-refractivity contribution in [3.8, 4) is 0 Å². The summed E-state index contributed by atoms with van der Waals surface area (Å²) in [6, 6.07) is 3.62. The zero-order chi connectivity index (χ0) is 18.3. The number of hydrogen-bond donors (Lipinski definition) is 1. The molecule has 0 aromatic carbocycles. The highest BCUT2D eigenvalue weighted by Gasteiger charge is 2.35. The van der Waals surface area contributed by atoms with Crippen LogP contribution in [-0.2, 0) is 13.6 Å². The number of nitrogens with zero attached hydrogens (tertiary/aromatic N) is 7. The van der Waals surface area contributed by atoms with Gasteiger partial charge in [0.25, 0.3) is 5.91 Å². The Kier molecular flexibility index (Phi) is 4.15. The van der Waals surface area contributed by atoms with Crippen molar-refractivity contribution in [2.24, 2.45) is 7.05 Å². The van der Waals surface area contributed by atoms with Crippen molar-refractivity contribution >= 4 is 11.6 Å². The normalized spacial score (nSPS) is 19.7. The Morgan fingerprint density at radius 2 is 2.15 bits per heavy atom. The second-order valence-corrected chi connectivity index (χ2v) is 7.06. The second kappa shape index (κ2) is 6.49. The van der Waals surface area contributed by atoms with E-state index in [0.717, 1.165) is 31.0 Å². The molecule has 0 bridgehead atoms. The fraction of sp³-hybridized carbons (Fsp3) is 0.471. The molecule has 4 rings (SSSR count). The summed E-state index contributed by atoms with van der Waals surface area (Å²) in [4.78, 5) is 18.7. The maximum absolute atomic E-state index is 12.4. The van der Waals surface area contributed by atoms with Gasteiger partial charge in [-0.15, -0.1) is 10.2 Å². The van der Waals surface area contributed by atoms with Gasteiger partial charge in [-0.2, -0.15) is 5.10 Å². The number of aromatic nitrogens is 6. The lowest BCUT2D eigenvalue weighted by Crippen LogP contribution is -2.44. The first-order valence-electron chi connectivity index (χ1n) is 8.65. The van der Waals surface area contributed by atoms with E-state index in [1.54, 1.807) is 29.0 Å². The van der Waals surface area contributed by atoms with E-state index < -0.39 is 0 Å². The van der Waals surface area contributed by atoms with Crippen LogP contribution in [0, 0.1) is 0 Å². The zero-order valence-electron chi connectivity index (χ0n) is 15.1. The largest absolute Gasteiger partial charge is 0.348 e. The summed E-state index contributed by atoms with van der Waals surface area (Å²) in [6.07, 6.45) is 5.19. The molecule has 0 aliphatic heterocycles. The monoisotopic (exact) mass is 354 g/mol. The SMILES string of the molecule is CN(C)Cc1nnc(C2CC(NC(=O)c3cc4ncccn4n3)C2)n1C. The zero-order valence-corrected chi connectivity index (χ0v) is 15.1. The molecule has 0 radical (unpaired) electrons. The molecule has 0 saturated heterocycles. The molecule has 3 aromatic rings. The first kappa shape index (κ1) is 16.6. The minimum atomic E-state index is -0.162. The predicted molar refractivity (Wildman–Crippen MR) is 94.6 cm³/mol. The molecule has 1 amide bonds. The van der Waals surface area contributed by atoms with E-state index in [0.29, 0.717) is 17.3 Å². The first-order valence-corrected chi connectivity index (χ1v) is 8.65. The topological polar surface area (TPSA) is 93.2 Å². The fourth-order valence-corrected chi connectivity index (χ4v) is 3.30. The Morgan fingerprint density at radius 1 is 1.35 bits per heavy atom. The minimum Gasteiger partial charge on any atom is -0.348 e. The Hall–Kier alpha value is -2.81. The molecule has 3 aromatic heterocycles. The molecule has 3 heterocycles. The van der Waals surface area contributed by atoms with Gasteiger partial charge in [0.2, 0.25) is 0 Å². The Labute approximate surface area is 151 Å². The van der Waals surface area contributed by atoms with Crippen LogP contribution in [0.4, 0.5) is 0 Å². The average Bonchev–Trinajstić information content (AvgIpc) is 3.15. The van der Waals surface area contributed by atoms with Gasteiger partial charge in [0.1, 0.15) is 11.6 Å². The van der Waals surface area contributed by atoms with Crippen molar-refractivity contribution in [3.63, 3.8) is 0 Å². The van der Waals surface area contributed by atoms with Crippen LogP contribution in [0.15, 0.2) is 24.5 Å². The van der Waals surface area contributed by atoms with Crippen molar-refractivity contribution < 1.29 is 4.79 Å². The van der Waals surface area contributed by atoms with Gasteiger partial charge in [-0.05, 0) is 33.0 Å². The summed E-state index contributed by atoms with van der Waals surface area (Å²) < 4.78 is 3.67. The van der Waals surface area contributed by atoms with Gasteiger partial charge in [0.15, 0.2) is 11.3 Å². The van der Waals surface area contributed by atoms with Crippen LogP contribution >= 0.6 is 0 Å². The number of fused-ring (bicyclic) bond motifs is 1. The quantitative estimate of drug-likeness (QED) is 0.721. The van der Waals surface area contributed by atoms with Crippen molar-refractivity contribution in [3.05, 3.63) is 41.9 Å². The molecule has 1 aliphatic carbocycles. The van der Waals surface area contributed by atoms with Crippen LogP contribution in [0.25, 0.3) is 5.65 Å². The summed E-state index contributed by atoms with van der Waals surface area (Å²) in [7, 11) is 6.03. The fourth-order valence-electron chi connectivity index (χ4n) is 3.30. The number of carbonyl (C=O) groups is 1. The summed E-state index contributed by atoms with van der Waals surface area (Å²) in [5, 5.41) is 15.9. The third kappa shape index (κ3) is 3.05. The highest BCUT2D eigenvalue weighted by Crippen LogP contribution is 2.36. The molecule has 136 valence electrons. The van der Waals surface area contributed by atoms with Gasteiger partial charge in [-0.1, -0.05) is 0 Å². The van der Waals surface area contributed by atoms with Crippen LogP contribution < -0.4 is 5.32 Å². The second-order valence-electron chi connectivity index (χ2n) is 7.06. The van der Waals surface area contributed by atoms with Gasteiger partial charge in [-0.3, -0.25) is 4.79 Å². The van der Waals surface area contributed by atoms with E-state index in [9.17, 15) is 4.79 Å². The number of amides is 1. The third-order valence-electron chi connectivity index (χ3n) is 4.76. The predicted octanol–water partition coefficient (Wildman–Crippen LogP) is 0.595. The van der Waals surface area contributed by atoms with Crippen molar-refractivity contribution in [2.75, 3.05) is 14.1 Å². The standard InChI is InChI=1S/C17H22N8O/c1-23(2)10-15-20-21-16(24(15)3)11-7-12(8-11)19-17(26)13-9-14-18-5-4-6-25(14)22-13/h4-6,9,11-12H,7-8,10H2,1-3H3,(H,19,26). The molecular weight excluding hydrogens is 332 g/mol. The van der Waals surface area contributed by atoms with Crippen LogP contribution in [0.3, 0.4) is 0 Å². The smallest absolute Gasteiger partial charge is 0.272 e. The molecule has 1 fully saturated rings. The number of rotatable bonds is 5. The first-order chi connectivity index (χ1) is 12.5. The van der Waals surface area contributed by atoms with E-state index in [4.69, 9.17) is 0 Å². The summed E-state index contributed by atoms with van der Waals surface area (Å²) in [5.74, 6) is 2.11. The van der Waals surface area contributed by atoms with Gasteiger partial charge in [0.05, 0.1) is 6.54 Å². The number of nitrogens with one attached hydrogen (secondary N) is 1. The molecule has 9 nitrogen and oxygen atoms in total. The number of hydrogen-bond acceptors (Lipinski definition) is 6. The molecule has 1 saturated carbocycles. The molecule has 0 atom stereocenters. The molecule has 9 heteroatoms. The molecular formula is C17H22N8O. The van der Waals surface area contributed by atoms with Crippen molar-refractivity contribution in [1.82, 2.24) is 39.6 Å². The van der Waals surface area contributed by atoms with Crippen LogP contribution in [0.2, 0.25) is 0 Å². The average molecular weight is 354 g/mol. The molecule has 0 unspecified atom stereocenters. The summed E-state index contributed by atoms with van der Waals surface area (Å²) in [5.41, 5.74) is 1.05. The van der Waals surface area contributed by atoms with Crippen LogP contribution in [0.1, 0.15) is 40.9 Å². The lowest BCUT2D eigenvalue weighted by atomic mass is 9.79. The van der Waals surface area contributed by atoms with Crippen molar-refractivity contribution in [1.29, 1.82) is 0 Å². The summed E-state index contributed by atoms with van der Waals surface area (Å²) in [6.45, 7) is 0.762. The summed E-state index contributed by atoms with van der Waals surface area (Å²) >= 11 is 0. The van der Waals surface area contributed by atoms with Gasteiger partial charge < -0.3 is 14.8 Å². The maximum atomic E-state index is 12.4. The third-order valence-corrected chi connectivity index (χ3v) is 4.76. The highest BCUT2D eigenvalue weighted by molar-refractivity contribution is 5.93. The van der Waals surface area contributed by atoms with E-state index in [2.05, 4.69) is 35.1 Å². The van der Waals surface area contributed by atoms with Gasteiger partial charge in [-0.25, -0.2) is 9.50 Å². The Bertz CT molecular complexity index is 904. The Balaban J connectivity index is 1.36. The van der Waals surface area contributed by atoms with E-state index >= 15 is 0 Å². The highest BCUT2D eigenvalue weighted by atomic mass is 16.2. The van der Waals surface area contributed by atoms with Crippen molar-refractivity contribution in [2.45, 2.75) is 31.3 Å². The maximum Gasteiger partial charge on any atom is 0.272 e. The lowest BCUT2D eigenvalue weighted by molar-refractivity contribution is 0.0901. The van der Waals surface area contributed by atoms with E-state index in [1.165, 1.54) is 0 Å². The number of carbonyl (C=O) groups excluding carboxylic acids is 1. The van der Waals surface area contributed by atoms with Crippen LogP contribution in [0.5, 0.6) is 0 Å². The molecule has 26 heavy (non-hydrogen) atoms. The minimum absolute atomic E-state index is 0.138. The molecule has 0 spiro atoms. The van der Waals surface area contributed by atoms with Crippen LogP contribution in [-0.4, -0.2) is 60.3 Å². The van der Waals surface area contributed by atoms with E-state index in [-0.39, 0.29) is 11.9 Å². The Morgan fingerprint density at radius 3 is 2.88 bits per heavy atom. The van der Waals surface area contributed by atoms with Gasteiger partial charge in [0, 0.05) is 37.5 Å². The van der Waals surface area contributed by atoms with Gasteiger partial charge >= 0.3 is 0 Å².